The molecule has 2 aliphatic rings. The number of hydrogen-bond acceptors (Lipinski definition) is 4. The van der Waals surface area contributed by atoms with E-state index in [0.717, 1.165) is 36.8 Å². The molecule has 36 heavy (non-hydrogen) atoms. The minimum atomic E-state index is -4.56. The Labute approximate surface area is 222 Å². The van der Waals surface area contributed by atoms with E-state index >= 15 is 0 Å². The van der Waals surface area contributed by atoms with E-state index in [1.165, 1.54) is 35.7 Å². The lowest BCUT2D eigenvalue weighted by molar-refractivity contribution is -0.148. The van der Waals surface area contributed by atoms with Gasteiger partial charge in [-0.2, -0.15) is 13.2 Å². The molecule has 0 saturated carbocycles. The van der Waals surface area contributed by atoms with Crippen molar-refractivity contribution in [3.8, 4) is 0 Å². The molecule has 0 bridgehead atoms. The fraction of sp³-hybridized carbons (Fsp3) is 0.462. The second-order valence-electron chi connectivity index (χ2n) is 9.07. The zero-order valence-electron chi connectivity index (χ0n) is 19.6. The zero-order valence-corrected chi connectivity index (χ0v) is 21.9. The number of alkyl halides is 3. The number of benzene rings is 1. The van der Waals surface area contributed by atoms with Crippen molar-refractivity contribution in [3.63, 3.8) is 0 Å². The van der Waals surface area contributed by atoms with Gasteiger partial charge < -0.3 is 10.1 Å². The molecule has 2 aromatic rings. The molecule has 1 aromatic carbocycles. The summed E-state index contributed by atoms with van der Waals surface area (Å²) < 4.78 is 48.3. The molecule has 2 atom stereocenters. The van der Waals surface area contributed by atoms with E-state index in [9.17, 15) is 18.0 Å². The summed E-state index contributed by atoms with van der Waals surface area (Å²) in [6.07, 6.45) is 1.22. The van der Waals surface area contributed by atoms with E-state index < -0.39 is 18.5 Å². The predicted octanol–water partition coefficient (Wildman–Crippen LogP) is 7.51. The van der Waals surface area contributed by atoms with Crippen LogP contribution in [0.25, 0.3) is 0 Å². The Hall–Kier alpha value is -1.87. The standard InChI is InChI=1S/C26H27Cl2F3N2O2S/c1-2-32-22(13-21(26(29,30)31)15-10-16(27)12-17(28)11-15)23-19-7-3-4-8-20(19)24(36-23)25(34)33-18-6-5-9-35-14-18/h2,10-12,18,21H,1,3-9,13-14H2,(H,33,34). The Morgan fingerprint density at radius 2 is 1.83 bits per heavy atom. The molecule has 4 nitrogen and oxygen atoms in total. The molecule has 4 rings (SSSR count). The number of thiophene rings is 1. The molecule has 1 amide bonds. The summed E-state index contributed by atoms with van der Waals surface area (Å²) in [5.74, 6) is -2.07. The summed E-state index contributed by atoms with van der Waals surface area (Å²) in [5.41, 5.74) is 2.06. The largest absolute Gasteiger partial charge is 0.396 e. The number of aliphatic imine (C=N–C) groups is 1. The van der Waals surface area contributed by atoms with E-state index in [4.69, 9.17) is 27.9 Å². The molecular formula is C26H27Cl2F3N2O2S. The second kappa shape index (κ2) is 11.7. The summed E-state index contributed by atoms with van der Waals surface area (Å²) in [6.45, 7) is 4.78. The SMILES string of the molecule is C=CN=C(CC(c1cc(Cl)cc(Cl)c1)C(F)(F)F)c1sc(C(=O)NC2CCCOC2)c2c1CCCC2. The molecule has 194 valence electrons. The third kappa shape index (κ3) is 6.33. The molecule has 1 aliphatic carbocycles. The Morgan fingerprint density at radius 1 is 1.17 bits per heavy atom. The van der Waals surface area contributed by atoms with Crippen molar-refractivity contribution in [3.05, 3.63) is 67.5 Å². The number of hydrogen-bond donors (Lipinski definition) is 1. The monoisotopic (exact) mass is 558 g/mol. The Kier molecular flexibility index (Phi) is 8.81. The summed E-state index contributed by atoms with van der Waals surface area (Å²) in [6, 6.07) is 3.90. The molecule has 0 spiro atoms. The van der Waals surface area contributed by atoms with E-state index in [-0.39, 0.29) is 33.3 Å². The van der Waals surface area contributed by atoms with Gasteiger partial charge in [0, 0.05) is 29.3 Å². The number of rotatable bonds is 7. The summed E-state index contributed by atoms with van der Waals surface area (Å²) >= 11 is 13.3. The van der Waals surface area contributed by atoms with Crippen LogP contribution in [-0.4, -0.2) is 37.1 Å². The third-order valence-electron chi connectivity index (χ3n) is 6.51. The first kappa shape index (κ1) is 27.2. The van der Waals surface area contributed by atoms with Crippen molar-refractivity contribution in [1.82, 2.24) is 5.32 Å². The van der Waals surface area contributed by atoms with Crippen molar-refractivity contribution in [2.24, 2.45) is 4.99 Å². The van der Waals surface area contributed by atoms with Gasteiger partial charge in [-0.25, -0.2) is 0 Å². The van der Waals surface area contributed by atoms with Crippen LogP contribution in [-0.2, 0) is 17.6 Å². The van der Waals surface area contributed by atoms with Crippen molar-refractivity contribution in [2.45, 2.75) is 63.1 Å². The first-order chi connectivity index (χ1) is 17.2. The van der Waals surface area contributed by atoms with Crippen LogP contribution in [0.3, 0.4) is 0 Å². The molecule has 2 unspecified atom stereocenters. The van der Waals surface area contributed by atoms with Gasteiger partial charge in [0.2, 0.25) is 0 Å². The van der Waals surface area contributed by atoms with E-state index in [0.29, 0.717) is 35.8 Å². The van der Waals surface area contributed by atoms with Crippen LogP contribution < -0.4 is 5.32 Å². The normalized spacial score (nSPS) is 19.5. The van der Waals surface area contributed by atoms with Gasteiger partial charge in [0.15, 0.2) is 0 Å². The lowest BCUT2D eigenvalue weighted by atomic mass is 9.87. The Morgan fingerprint density at radius 3 is 2.42 bits per heavy atom. The lowest BCUT2D eigenvalue weighted by Gasteiger charge is -2.23. The minimum absolute atomic E-state index is 0.0301. The van der Waals surface area contributed by atoms with Gasteiger partial charge in [0.25, 0.3) is 5.91 Å². The maximum atomic E-state index is 14.3. The van der Waals surface area contributed by atoms with Crippen LogP contribution >= 0.6 is 34.5 Å². The summed E-state index contributed by atoms with van der Waals surface area (Å²) in [4.78, 5) is 18.7. The smallest absolute Gasteiger partial charge is 0.379 e. The maximum absolute atomic E-state index is 14.3. The van der Waals surface area contributed by atoms with Gasteiger partial charge in [-0.15, -0.1) is 11.3 Å². The molecular weight excluding hydrogens is 532 g/mol. The van der Waals surface area contributed by atoms with Gasteiger partial charge in [-0.1, -0.05) is 29.8 Å². The second-order valence-corrected chi connectivity index (χ2v) is 11.0. The van der Waals surface area contributed by atoms with Crippen LogP contribution in [0.1, 0.15) is 69.3 Å². The summed E-state index contributed by atoms with van der Waals surface area (Å²) in [7, 11) is 0. The molecule has 1 aliphatic heterocycles. The van der Waals surface area contributed by atoms with Gasteiger partial charge >= 0.3 is 6.18 Å². The number of amides is 1. The first-order valence-electron chi connectivity index (χ1n) is 11.9. The molecule has 1 N–H and O–H groups in total. The highest BCUT2D eigenvalue weighted by molar-refractivity contribution is 7.16. The average molecular weight is 559 g/mol. The highest BCUT2D eigenvalue weighted by Gasteiger charge is 2.42. The van der Waals surface area contributed by atoms with Crippen LogP contribution in [0.5, 0.6) is 0 Å². The summed E-state index contributed by atoms with van der Waals surface area (Å²) in [5, 5.41) is 3.32. The number of fused-ring (bicyclic) bond motifs is 1. The van der Waals surface area contributed by atoms with Crippen molar-refractivity contribution in [2.75, 3.05) is 13.2 Å². The van der Waals surface area contributed by atoms with Gasteiger partial charge in [-0.3, -0.25) is 9.79 Å². The minimum Gasteiger partial charge on any atom is -0.379 e. The average Bonchev–Trinajstić information content (AvgIpc) is 3.21. The number of carbonyl (C=O) groups excluding carboxylic acids is 1. The molecule has 2 heterocycles. The van der Waals surface area contributed by atoms with Crippen molar-refractivity contribution >= 4 is 46.2 Å². The van der Waals surface area contributed by atoms with E-state index in [1.54, 1.807) is 0 Å². The van der Waals surface area contributed by atoms with E-state index in [1.807, 2.05) is 0 Å². The number of nitrogens with one attached hydrogen (secondary N) is 1. The van der Waals surface area contributed by atoms with Gasteiger partial charge in [0.05, 0.1) is 34.0 Å². The van der Waals surface area contributed by atoms with Crippen LogP contribution in [0.2, 0.25) is 10.0 Å². The van der Waals surface area contributed by atoms with Crippen LogP contribution in [0.15, 0.2) is 36.0 Å². The zero-order chi connectivity index (χ0) is 25.9. The Balaban J connectivity index is 1.71. The van der Waals surface area contributed by atoms with Gasteiger partial charge in [0.1, 0.15) is 0 Å². The fourth-order valence-corrected chi connectivity index (χ4v) is 6.71. The number of halogens is 5. The van der Waals surface area contributed by atoms with Crippen LogP contribution in [0, 0.1) is 0 Å². The molecule has 10 heteroatoms. The van der Waals surface area contributed by atoms with E-state index in [2.05, 4.69) is 16.9 Å². The highest BCUT2D eigenvalue weighted by atomic mass is 35.5. The molecule has 1 aromatic heterocycles. The number of nitrogens with zero attached hydrogens (tertiary/aromatic N) is 1. The maximum Gasteiger partial charge on any atom is 0.396 e. The molecule has 0 radical (unpaired) electrons. The topological polar surface area (TPSA) is 50.7 Å². The molecule has 1 fully saturated rings. The third-order valence-corrected chi connectivity index (χ3v) is 8.27. The number of ether oxygens (including phenoxy) is 1. The fourth-order valence-electron chi connectivity index (χ4n) is 4.86. The van der Waals surface area contributed by atoms with Gasteiger partial charge in [-0.05, 0) is 73.4 Å². The molecule has 1 saturated heterocycles. The quantitative estimate of drug-likeness (QED) is 0.357. The first-order valence-corrected chi connectivity index (χ1v) is 13.5. The Bertz CT molecular complexity index is 1140. The van der Waals surface area contributed by atoms with Crippen molar-refractivity contribution in [1.29, 1.82) is 0 Å². The predicted molar refractivity (Wildman–Crippen MR) is 139 cm³/mol. The highest BCUT2D eigenvalue weighted by Crippen LogP contribution is 2.42. The number of carbonyl (C=O) groups is 1. The lowest BCUT2D eigenvalue weighted by Crippen LogP contribution is -2.40. The van der Waals surface area contributed by atoms with Crippen LogP contribution in [0.4, 0.5) is 13.2 Å². The van der Waals surface area contributed by atoms with Crippen molar-refractivity contribution < 1.29 is 22.7 Å².